The van der Waals surface area contributed by atoms with Crippen molar-refractivity contribution in [3.8, 4) is 33.6 Å². The highest BCUT2D eigenvalue weighted by Gasteiger charge is 2.15. The van der Waals surface area contributed by atoms with Gasteiger partial charge in [-0.05, 0) is 36.8 Å². The maximum atomic E-state index is 14.3. The molecule has 0 amide bonds. The van der Waals surface area contributed by atoms with Gasteiger partial charge in [0.1, 0.15) is 11.5 Å². The second-order valence-corrected chi connectivity index (χ2v) is 5.91. The van der Waals surface area contributed by atoms with Gasteiger partial charge in [0.25, 0.3) is 0 Å². The number of nitrogens with one attached hydrogen (secondary N) is 1. The van der Waals surface area contributed by atoms with Crippen molar-refractivity contribution in [1.29, 1.82) is 0 Å². The molecule has 0 atom stereocenters. The second kappa shape index (κ2) is 5.98. The summed E-state index contributed by atoms with van der Waals surface area (Å²) in [6, 6.07) is 10.8. The summed E-state index contributed by atoms with van der Waals surface area (Å²) in [6.07, 6.45) is 5.25. The van der Waals surface area contributed by atoms with Crippen LogP contribution in [0.3, 0.4) is 0 Å². The molecule has 0 bridgehead atoms. The predicted octanol–water partition coefficient (Wildman–Crippen LogP) is 3.99. The van der Waals surface area contributed by atoms with Crippen molar-refractivity contribution >= 4 is 0 Å². The van der Waals surface area contributed by atoms with Crippen LogP contribution in [0.4, 0.5) is 4.39 Å². The third-order valence-electron chi connectivity index (χ3n) is 4.06. The Morgan fingerprint density at radius 3 is 2.72 bits per heavy atom. The minimum Gasteiger partial charge on any atom is -0.284 e. The third kappa shape index (κ3) is 2.82. The van der Waals surface area contributed by atoms with E-state index in [-0.39, 0.29) is 5.82 Å². The highest BCUT2D eigenvalue weighted by atomic mass is 19.1. The monoisotopic (exact) mass is 333 g/mol. The van der Waals surface area contributed by atoms with Crippen LogP contribution in [0.5, 0.6) is 0 Å². The first-order valence-corrected chi connectivity index (χ1v) is 7.88. The van der Waals surface area contributed by atoms with E-state index in [1.165, 1.54) is 6.07 Å². The summed E-state index contributed by atoms with van der Waals surface area (Å²) in [5.74, 6) is -0.282. The van der Waals surface area contributed by atoms with Crippen LogP contribution in [0.2, 0.25) is 0 Å². The molecule has 4 aromatic rings. The number of rotatable bonds is 3. The Morgan fingerprint density at radius 2 is 1.96 bits per heavy atom. The fourth-order valence-corrected chi connectivity index (χ4v) is 2.85. The van der Waals surface area contributed by atoms with Crippen molar-refractivity contribution in [2.24, 2.45) is 7.05 Å². The predicted molar refractivity (Wildman–Crippen MR) is 94.2 cm³/mol. The van der Waals surface area contributed by atoms with Gasteiger partial charge in [0.2, 0.25) is 0 Å². The maximum Gasteiger partial charge on any atom is 0.131 e. The van der Waals surface area contributed by atoms with Gasteiger partial charge in [0, 0.05) is 41.8 Å². The van der Waals surface area contributed by atoms with Crippen LogP contribution >= 0.6 is 0 Å². The number of benzene rings is 1. The lowest BCUT2D eigenvalue weighted by Gasteiger charge is -2.06. The van der Waals surface area contributed by atoms with Crippen molar-refractivity contribution in [2.45, 2.75) is 6.92 Å². The Balaban J connectivity index is 1.83. The molecule has 0 radical (unpaired) electrons. The van der Waals surface area contributed by atoms with Gasteiger partial charge in [-0.15, -0.1) is 0 Å². The smallest absolute Gasteiger partial charge is 0.131 e. The van der Waals surface area contributed by atoms with Gasteiger partial charge in [-0.1, -0.05) is 12.1 Å². The summed E-state index contributed by atoms with van der Waals surface area (Å²) in [5, 5.41) is 11.4. The quantitative estimate of drug-likeness (QED) is 0.617. The topological polar surface area (TPSA) is 59.4 Å². The lowest BCUT2D eigenvalue weighted by Crippen LogP contribution is -1.90. The van der Waals surface area contributed by atoms with Crippen LogP contribution in [0, 0.1) is 12.7 Å². The van der Waals surface area contributed by atoms with Gasteiger partial charge in [-0.2, -0.15) is 10.2 Å². The lowest BCUT2D eigenvalue weighted by atomic mass is 9.99. The van der Waals surface area contributed by atoms with Crippen molar-refractivity contribution in [2.75, 3.05) is 0 Å². The van der Waals surface area contributed by atoms with E-state index in [2.05, 4.69) is 20.3 Å². The Morgan fingerprint density at radius 1 is 1.08 bits per heavy atom. The van der Waals surface area contributed by atoms with E-state index >= 15 is 0 Å². The van der Waals surface area contributed by atoms with Crippen LogP contribution in [0.1, 0.15) is 5.69 Å². The molecular weight excluding hydrogens is 317 g/mol. The number of halogens is 1. The lowest BCUT2D eigenvalue weighted by molar-refractivity contribution is 0.631. The maximum absolute atomic E-state index is 14.3. The minimum atomic E-state index is -0.282. The fraction of sp³-hybridized carbons (Fsp3) is 0.105. The van der Waals surface area contributed by atoms with Crippen molar-refractivity contribution in [1.82, 2.24) is 25.0 Å². The molecule has 5 nitrogen and oxygen atoms in total. The average molecular weight is 333 g/mol. The van der Waals surface area contributed by atoms with E-state index < -0.39 is 0 Å². The standard InChI is InChI=1S/C19H16FN5/c1-12-4-3-5-18(23-12)19-16(10-21-24-19)13-6-7-17(20)15(8-13)14-9-22-25(2)11-14/h3-11H,1-2H3,(H,21,24). The zero-order valence-electron chi connectivity index (χ0n) is 13.9. The summed E-state index contributed by atoms with van der Waals surface area (Å²) in [5.41, 5.74) is 5.43. The van der Waals surface area contributed by atoms with Gasteiger partial charge in [0.05, 0.1) is 11.9 Å². The molecule has 0 fully saturated rings. The molecule has 0 spiro atoms. The SMILES string of the molecule is Cc1cccc(-c2n[nH]cc2-c2ccc(F)c(-c3cnn(C)c3)c2)n1. The molecule has 0 aliphatic heterocycles. The summed E-state index contributed by atoms with van der Waals surface area (Å²) >= 11 is 0. The van der Waals surface area contributed by atoms with E-state index in [1.807, 2.05) is 38.2 Å². The molecule has 3 aromatic heterocycles. The van der Waals surface area contributed by atoms with Crippen LogP contribution < -0.4 is 0 Å². The van der Waals surface area contributed by atoms with E-state index in [0.29, 0.717) is 5.56 Å². The number of H-pyrrole nitrogens is 1. The molecule has 1 aromatic carbocycles. The first-order chi connectivity index (χ1) is 12.1. The zero-order valence-corrected chi connectivity index (χ0v) is 13.9. The van der Waals surface area contributed by atoms with Gasteiger partial charge < -0.3 is 0 Å². The van der Waals surface area contributed by atoms with Crippen LogP contribution in [-0.2, 0) is 7.05 Å². The molecular formula is C19H16FN5. The molecule has 25 heavy (non-hydrogen) atoms. The number of hydrogen-bond donors (Lipinski definition) is 1. The highest BCUT2D eigenvalue weighted by Crippen LogP contribution is 2.33. The van der Waals surface area contributed by atoms with Gasteiger partial charge in [0.15, 0.2) is 0 Å². The van der Waals surface area contributed by atoms with Gasteiger partial charge >= 0.3 is 0 Å². The Labute approximate surface area is 144 Å². The van der Waals surface area contributed by atoms with Gasteiger partial charge in [-0.25, -0.2) is 4.39 Å². The molecule has 0 aliphatic rings. The molecule has 4 rings (SSSR count). The number of hydrogen-bond acceptors (Lipinski definition) is 3. The minimum absolute atomic E-state index is 0.282. The number of aromatic nitrogens is 5. The number of nitrogens with zero attached hydrogens (tertiary/aromatic N) is 4. The third-order valence-corrected chi connectivity index (χ3v) is 4.06. The van der Waals surface area contributed by atoms with E-state index in [0.717, 1.165) is 33.8 Å². The zero-order chi connectivity index (χ0) is 17.4. The van der Waals surface area contributed by atoms with Crippen molar-refractivity contribution in [3.63, 3.8) is 0 Å². The summed E-state index contributed by atoms with van der Waals surface area (Å²) < 4.78 is 16.0. The first-order valence-electron chi connectivity index (χ1n) is 7.88. The molecule has 0 saturated heterocycles. The molecule has 0 saturated carbocycles. The van der Waals surface area contributed by atoms with Gasteiger partial charge in [-0.3, -0.25) is 14.8 Å². The molecule has 1 N–H and O–H groups in total. The highest BCUT2D eigenvalue weighted by molar-refractivity contribution is 5.81. The van der Waals surface area contributed by atoms with E-state index in [4.69, 9.17) is 0 Å². The number of pyridine rings is 1. The van der Waals surface area contributed by atoms with Crippen molar-refractivity contribution in [3.05, 3.63) is 66.5 Å². The largest absolute Gasteiger partial charge is 0.284 e. The van der Waals surface area contributed by atoms with Crippen LogP contribution in [0.15, 0.2) is 55.0 Å². The first kappa shape index (κ1) is 15.3. The van der Waals surface area contributed by atoms with Crippen LogP contribution in [-0.4, -0.2) is 25.0 Å². The summed E-state index contributed by atoms with van der Waals surface area (Å²) in [4.78, 5) is 4.53. The van der Waals surface area contributed by atoms with Crippen molar-refractivity contribution < 1.29 is 4.39 Å². The molecule has 0 unspecified atom stereocenters. The summed E-state index contributed by atoms with van der Waals surface area (Å²) in [6.45, 7) is 1.94. The summed E-state index contributed by atoms with van der Waals surface area (Å²) in [7, 11) is 1.81. The van der Waals surface area contributed by atoms with E-state index in [9.17, 15) is 4.39 Å². The Kier molecular flexibility index (Phi) is 3.65. The fourth-order valence-electron chi connectivity index (χ4n) is 2.85. The molecule has 124 valence electrons. The molecule has 0 aliphatic carbocycles. The normalized spacial score (nSPS) is 11.0. The molecule has 3 heterocycles. The number of aryl methyl sites for hydroxylation is 2. The van der Waals surface area contributed by atoms with E-state index in [1.54, 1.807) is 29.3 Å². The van der Waals surface area contributed by atoms with Crippen LogP contribution in [0.25, 0.3) is 33.6 Å². The molecule has 6 heteroatoms. The number of aromatic amines is 1. The Hall–Kier alpha value is -3.28. The average Bonchev–Trinajstić information content (AvgIpc) is 3.24. The Bertz CT molecular complexity index is 1050. The second-order valence-electron chi connectivity index (χ2n) is 5.91.